The monoisotopic (exact) mass is 189 g/mol. The van der Waals surface area contributed by atoms with Crippen LogP contribution in [-0.4, -0.2) is 19.0 Å². The van der Waals surface area contributed by atoms with Crippen molar-refractivity contribution in [1.82, 2.24) is 5.32 Å². The van der Waals surface area contributed by atoms with Crippen LogP contribution in [0.1, 0.15) is 38.5 Å². The molecule has 0 saturated heterocycles. The minimum atomic E-state index is 0.822. The molecule has 0 aliphatic heterocycles. The highest BCUT2D eigenvalue weighted by atomic mass is 35.5. The molecule has 2 heteroatoms. The van der Waals surface area contributed by atoms with Crippen molar-refractivity contribution in [2.45, 2.75) is 38.5 Å². The highest BCUT2D eigenvalue weighted by molar-refractivity contribution is 6.17. The van der Waals surface area contributed by atoms with E-state index in [0.29, 0.717) is 0 Å². The summed E-state index contributed by atoms with van der Waals surface area (Å²) < 4.78 is 0. The minimum absolute atomic E-state index is 0.822. The molecule has 1 fully saturated rings. The van der Waals surface area contributed by atoms with Crippen LogP contribution in [0.25, 0.3) is 0 Å². The van der Waals surface area contributed by atoms with Crippen molar-refractivity contribution in [2.75, 3.05) is 19.0 Å². The van der Waals surface area contributed by atoms with Crippen LogP contribution in [-0.2, 0) is 0 Å². The standard InChI is InChI=1S/C10H20ClN/c11-7-2-1-3-8-12-9-6-10-4-5-10/h10,12H,1-9H2. The van der Waals surface area contributed by atoms with Gasteiger partial charge < -0.3 is 5.32 Å². The maximum Gasteiger partial charge on any atom is 0.0223 e. The van der Waals surface area contributed by atoms with Gasteiger partial charge >= 0.3 is 0 Å². The topological polar surface area (TPSA) is 12.0 Å². The Labute approximate surface area is 80.9 Å². The lowest BCUT2D eigenvalue weighted by molar-refractivity contribution is 0.580. The summed E-state index contributed by atoms with van der Waals surface area (Å²) in [6.07, 6.45) is 8.10. The van der Waals surface area contributed by atoms with Gasteiger partial charge in [-0.2, -0.15) is 0 Å². The van der Waals surface area contributed by atoms with Crippen LogP contribution >= 0.6 is 11.6 Å². The van der Waals surface area contributed by atoms with E-state index in [1.807, 2.05) is 0 Å². The van der Waals surface area contributed by atoms with Crippen molar-refractivity contribution < 1.29 is 0 Å². The van der Waals surface area contributed by atoms with Crippen molar-refractivity contribution in [3.63, 3.8) is 0 Å². The molecule has 0 atom stereocenters. The van der Waals surface area contributed by atoms with E-state index in [9.17, 15) is 0 Å². The largest absolute Gasteiger partial charge is 0.317 e. The fourth-order valence-electron chi connectivity index (χ4n) is 1.36. The van der Waals surface area contributed by atoms with Crippen molar-refractivity contribution in [2.24, 2.45) is 5.92 Å². The molecule has 1 aliphatic rings. The van der Waals surface area contributed by atoms with Crippen molar-refractivity contribution in [3.8, 4) is 0 Å². The molecular weight excluding hydrogens is 170 g/mol. The van der Waals surface area contributed by atoms with Gasteiger partial charge in [-0.05, 0) is 38.3 Å². The van der Waals surface area contributed by atoms with Crippen LogP contribution < -0.4 is 5.32 Å². The molecular formula is C10H20ClN. The fourth-order valence-corrected chi connectivity index (χ4v) is 1.55. The van der Waals surface area contributed by atoms with Crippen LogP contribution in [0.15, 0.2) is 0 Å². The zero-order valence-electron chi connectivity index (χ0n) is 7.82. The summed E-state index contributed by atoms with van der Waals surface area (Å²) in [5.41, 5.74) is 0. The number of halogens is 1. The van der Waals surface area contributed by atoms with E-state index in [1.54, 1.807) is 0 Å². The fraction of sp³-hybridized carbons (Fsp3) is 1.00. The van der Waals surface area contributed by atoms with Crippen molar-refractivity contribution in [1.29, 1.82) is 0 Å². The number of hydrogen-bond acceptors (Lipinski definition) is 1. The summed E-state index contributed by atoms with van der Waals surface area (Å²) in [5.74, 6) is 1.89. The van der Waals surface area contributed by atoms with Crippen molar-refractivity contribution in [3.05, 3.63) is 0 Å². The van der Waals surface area contributed by atoms with Crippen LogP contribution in [0.5, 0.6) is 0 Å². The summed E-state index contributed by atoms with van der Waals surface area (Å²) in [6, 6.07) is 0. The average molecular weight is 190 g/mol. The van der Waals surface area contributed by atoms with Gasteiger partial charge in [-0.25, -0.2) is 0 Å². The highest BCUT2D eigenvalue weighted by Crippen LogP contribution is 2.31. The lowest BCUT2D eigenvalue weighted by Gasteiger charge is -2.02. The smallest absolute Gasteiger partial charge is 0.0223 e. The Morgan fingerprint density at radius 1 is 1.08 bits per heavy atom. The van der Waals surface area contributed by atoms with Gasteiger partial charge in [0, 0.05) is 5.88 Å². The molecule has 0 spiro atoms. The second kappa shape index (κ2) is 6.73. The molecule has 12 heavy (non-hydrogen) atoms. The Morgan fingerprint density at radius 2 is 1.92 bits per heavy atom. The summed E-state index contributed by atoms with van der Waals surface area (Å²) in [4.78, 5) is 0. The van der Waals surface area contributed by atoms with Crippen LogP contribution in [0.2, 0.25) is 0 Å². The van der Waals surface area contributed by atoms with Crippen LogP contribution in [0, 0.1) is 5.92 Å². The second-order valence-corrected chi connectivity index (χ2v) is 4.11. The van der Waals surface area contributed by atoms with Gasteiger partial charge in [0.05, 0.1) is 0 Å². The predicted octanol–water partition coefficient (Wildman–Crippen LogP) is 2.79. The van der Waals surface area contributed by atoms with Gasteiger partial charge in [-0.3, -0.25) is 0 Å². The molecule has 1 saturated carbocycles. The summed E-state index contributed by atoms with van der Waals surface area (Å²) in [7, 11) is 0. The van der Waals surface area contributed by atoms with Gasteiger partial charge in [0.1, 0.15) is 0 Å². The molecule has 0 heterocycles. The van der Waals surface area contributed by atoms with E-state index in [1.165, 1.54) is 51.6 Å². The Hall–Kier alpha value is 0.250. The third-order valence-electron chi connectivity index (χ3n) is 2.41. The van der Waals surface area contributed by atoms with Crippen LogP contribution in [0.3, 0.4) is 0 Å². The molecule has 72 valence electrons. The number of hydrogen-bond donors (Lipinski definition) is 1. The molecule has 1 rings (SSSR count). The predicted molar refractivity (Wildman–Crippen MR) is 54.8 cm³/mol. The molecule has 0 aromatic heterocycles. The lowest BCUT2D eigenvalue weighted by Crippen LogP contribution is -2.16. The van der Waals surface area contributed by atoms with E-state index in [-0.39, 0.29) is 0 Å². The van der Waals surface area contributed by atoms with E-state index in [0.717, 1.165) is 11.8 Å². The van der Waals surface area contributed by atoms with Gasteiger partial charge in [0.25, 0.3) is 0 Å². The zero-order valence-corrected chi connectivity index (χ0v) is 8.58. The first kappa shape index (κ1) is 10.3. The Morgan fingerprint density at radius 3 is 2.58 bits per heavy atom. The molecule has 0 aromatic carbocycles. The molecule has 0 radical (unpaired) electrons. The number of rotatable bonds is 8. The normalized spacial score (nSPS) is 16.8. The molecule has 1 aliphatic carbocycles. The highest BCUT2D eigenvalue weighted by Gasteiger charge is 2.19. The first-order valence-corrected chi connectivity index (χ1v) is 5.73. The maximum atomic E-state index is 5.57. The number of alkyl halides is 1. The molecule has 0 amide bonds. The first-order chi connectivity index (χ1) is 5.93. The Balaban J connectivity index is 1.65. The molecule has 0 unspecified atom stereocenters. The van der Waals surface area contributed by atoms with Crippen LogP contribution in [0.4, 0.5) is 0 Å². The molecule has 1 N–H and O–H groups in total. The van der Waals surface area contributed by atoms with Gasteiger partial charge in [0.15, 0.2) is 0 Å². The van der Waals surface area contributed by atoms with Gasteiger partial charge in [-0.15, -0.1) is 11.6 Å². The van der Waals surface area contributed by atoms with Gasteiger partial charge in [-0.1, -0.05) is 19.3 Å². The summed E-state index contributed by atoms with van der Waals surface area (Å²) >= 11 is 5.57. The minimum Gasteiger partial charge on any atom is -0.317 e. The SMILES string of the molecule is ClCCCCCNCCC1CC1. The molecule has 0 bridgehead atoms. The number of unbranched alkanes of at least 4 members (excludes halogenated alkanes) is 2. The van der Waals surface area contributed by atoms with E-state index in [2.05, 4.69) is 5.32 Å². The average Bonchev–Trinajstić information content (AvgIpc) is 2.87. The molecule has 0 aromatic rings. The third kappa shape index (κ3) is 5.84. The Kier molecular flexibility index (Phi) is 5.80. The quantitative estimate of drug-likeness (QED) is 0.458. The lowest BCUT2D eigenvalue weighted by atomic mass is 10.2. The number of nitrogens with one attached hydrogen (secondary N) is 1. The van der Waals surface area contributed by atoms with Crippen molar-refractivity contribution >= 4 is 11.6 Å². The van der Waals surface area contributed by atoms with E-state index < -0.39 is 0 Å². The van der Waals surface area contributed by atoms with E-state index in [4.69, 9.17) is 11.6 Å². The maximum absolute atomic E-state index is 5.57. The Bertz CT molecular complexity index is 102. The van der Waals surface area contributed by atoms with Gasteiger partial charge in [0.2, 0.25) is 0 Å². The molecule has 1 nitrogen and oxygen atoms in total. The second-order valence-electron chi connectivity index (χ2n) is 3.73. The third-order valence-corrected chi connectivity index (χ3v) is 2.68. The summed E-state index contributed by atoms with van der Waals surface area (Å²) in [5, 5.41) is 3.47. The first-order valence-electron chi connectivity index (χ1n) is 5.20. The van der Waals surface area contributed by atoms with E-state index >= 15 is 0 Å². The summed E-state index contributed by atoms with van der Waals surface area (Å²) in [6.45, 7) is 2.41. The zero-order chi connectivity index (χ0) is 8.65.